The van der Waals surface area contributed by atoms with Gasteiger partial charge >= 0.3 is 0 Å². The monoisotopic (exact) mass is 274 g/mol. The molecule has 1 N–H and O–H groups in total. The van der Waals surface area contributed by atoms with Crippen molar-refractivity contribution in [2.75, 3.05) is 32.7 Å². The number of nitrogens with one attached hydrogen (secondary N) is 1. The van der Waals surface area contributed by atoms with Crippen LogP contribution in [0.5, 0.6) is 0 Å². The minimum atomic E-state index is 1.10. The number of aryl methyl sites for hydroxylation is 2. The van der Waals surface area contributed by atoms with Gasteiger partial charge in [0.05, 0.1) is 0 Å². The van der Waals surface area contributed by atoms with Gasteiger partial charge < -0.3 is 10.2 Å². The van der Waals surface area contributed by atoms with Gasteiger partial charge in [0.1, 0.15) is 0 Å². The van der Waals surface area contributed by atoms with Gasteiger partial charge in [-0.25, -0.2) is 0 Å². The number of likely N-dealkylation sites (tertiary alicyclic amines) is 1. The Labute approximate surface area is 124 Å². The first-order valence-electron chi connectivity index (χ1n) is 8.25. The van der Waals surface area contributed by atoms with E-state index in [1.54, 1.807) is 0 Å². The summed E-state index contributed by atoms with van der Waals surface area (Å²) in [4.78, 5) is 2.62. The summed E-state index contributed by atoms with van der Waals surface area (Å²) in [6.45, 7) is 10.6. The molecule has 0 bridgehead atoms. The van der Waals surface area contributed by atoms with E-state index in [1.165, 1.54) is 62.0 Å². The van der Waals surface area contributed by atoms with Gasteiger partial charge in [-0.2, -0.15) is 0 Å². The Morgan fingerprint density at radius 2 is 1.80 bits per heavy atom. The summed E-state index contributed by atoms with van der Waals surface area (Å²) in [6.07, 6.45) is 6.67. The zero-order valence-electron chi connectivity index (χ0n) is 13.3. The SMILES string of the molecule is Cc1ccc(CCNCCCN2CCCCC2)cc1C. The summed E-state index contributed by atoms with van der Waals surface area (Å²) >= 11 is 0. The third-order valence-corrected chi connectivity index (χ3v) is 4.44. The molecule has 1 aliphatic rings. The molecule has 0 aliphatic carbocycles. The quantitative estimate of drug-likeness (QED) is 0.767. The number of benzene rings is 1. The molecule has 2 nitrogen and oxygen atoms in total. The summed E-state index contributed by atoms with van der Waals surface area (Å²) in [5, 5.41) is 3.58. The van der Waals surface area contributed by atoms with E-state index < -0.39 is 0 Å². The van der Waals surface area contributed by atoms with Crippen LogP contribution in [0.4, 0.5) is 0 Å². The van der Waals surface area contributed by atoms with Crippen molar-refractivity contribution in [2.45, 2.75) is 46.0 Å². The van der Waals surface area contributed by atoms with Crippen LogP contribution in [0, 0.1) is 13.8 Å². The maximum absolute atomic E-state index is 3.58. The lowest BCUT2D eigenvalue weighted by atomic mass is 10.0. The molecule has 1 aromatic rings. The van der Waals surface area contributed by atoms with E-state index in [2.05, 4.69) is 42.3 Å². The molecular weight excluding hydrogens is 244 g/mol. The van der Waals surface area contributed by atoms with E-state index >= 15 is 0 Å². The van der Waals surface area contributed by atoms with Crippen molar-refractivity contribution >= 4 is 0 Å². The van der Waals surface area contributed by atoms with Crippen LogP contribution in [0.15, 0.2) is 18.2 Å². The van der Waals surface area contributed by atoms with Crippen LogP contribution < -0.4 is 5.32 Å². The number of rotatable bonds is 7. The van der Waals surface area contributed by atoms with Crippen LogP contribution in [-0.4, -0.2) is 37.6 Å². The van der Waals surface area contributed by atoms with Gasteiger partial charge in [-0.15, -0.1) is 0 Å². The van der Waals surface area contributed by atoms with Crippen molar-refractivity contribution < 1.29 is 0 Å². The number of piperidine rings is 1. The van der Waals surface area contributed by atoms with Gasteiger partial charge in [-0.1, -0.05) is 24.6 Å². The van der Waals surface area contributed by atoms with Crippen LogP contribution in [0.1, 0.15) is 42.4 Å². The van der Waals surface area contributed by atoms with Gasteiger partial charge in [0.25, 0.3) is 0 Å². The third kappa shape index (κ3) is 5.26. The van der Waals surface area contributed by atoms with Crippen LogP contribution in [0.25, 0.3) is 0 Å². The molecule has 112 valence electrons. The smallest absolute Gasteiger partial charge is 0.000664 e. The number of hydrogen-bond acceptors (Lipinski definition) is 2. The minimum absolute atomic E-state index is 1.10. The topological polar surface area (TPSA) is 15.3 Å². The maximum atomic E-state index is 3.58. The Bertz CT molecular complexity index is 394. The molecule has 0 saturated carbocycles. The number of hydrogen-bond donors (Lipinski definition) is 1. The standard InChI is InChI=1S/C18H30N2/c1-16-7-8-18(15-17(16)2)9-11-19-10-6-14-20-12-4-3-5-13-20/h7-8,15,19H,3-6,9-14H2,1-2H3. The van der Waals surface area contributed by atoms with E-state index in [0.29, 0.717) is 0 Å². The molecule has 2 heteroatoms. The first-order chi connectivity index (χ1) is 9.75. The molecule has 1 aromatic carbocycles. The molecule has 1 aliphatic heterocycles. The lowest BCUT2D eigenvalue weighted by molar-refractivity contribution is 0.226. The second-order valence-corrected chi connectivity index (χ2v) is 6.17. The highest BCUT2D eigenvalue weighted by molar-refractivity contribution is 5.29. The molecule has 0 atom stereocenters. The average Bonchev–Trinajstić information content (AvgIpc) is 2.47. The number of nitrogens with zero attached hydrogens (tertiary/aromatic N) is 1. The van der Waals surface area contributed by atoms with E-state index in [9.17, 15) is 0 Å². The van der Waals surface area contributed by atoms with E-state index in [0.717, 1.165) is 19.5 Å². The third-order valence-electron chi connectivity index (χ3n) is 4.44. The van der Waals surface area contributed by atoms with Crippen LogP contribution in [0.2, 0.25) is 0 Å². The van der Waals surface area contributed by atoms with E-state index in [-0.39, 0.29) is 0 Å². The maximum Gasteiger partial charge on any atom is -0.000664 e. The van der Waals surface area contributed by atoms with Crippen molar-refractivity contribution in [3.05, 3.63) is 34.9 Å². The lowest BCUT2D eigenvalue weighted by Gasteiger charge is -2.26. The van der Waals surface area contributed by atoms with E-state index in [1.807, 2.05) is 0 Å². The Morgan fingerprint density at radius 3 is 2.55 bits per heavy atom. The Hall–Kier alpha value is -0.860. The molecule has 0 unspecified atom stereocenters. The van der Waals surface area contributed by atoms with Crippen LogP contribution in [0.3, 0.4) is 0 Å². The summed E-state index contributed by atoms with van der Waals surface area (Å²) in [6, 6.07) is 6.82. The van der Waals surface area contributed by atoms with Gasteiger partial charge in [-0.05, 0) is 88.9 Å². The second kappa shape index (κ2) is 8.43. The molecular formula is C18H30N2. The fourth-order valence-corrected chi connectivity index (χ4v) is 2.93. The van der Waals surface area contributed by atoms with Crippen LogP contribution in [-0.2, 0) is 6.42 Å². The van der Waals surface area contributed by atoms with Gasteiger partial charge in [0.2, 0.25) is 0 Å². The molecule has 0 spiro atoms. The molecule has 20 heavy (non-hydrogen) atoms. The Morgan fingerprint density at radius 1 is 1.00 bits per heavy atom. The second-order valence-electron chi connectivity index (χ2n) is 6.17. The predicted molar refractivity (Wildman–Crippen MR) is 87.4 cm³/mol. The zero-order valence-corrected chi connectivity index (χ0v) is 13.3. The normalized spacial score (nSPS) is 16.5. The zero-order chi connectivity index (χ0) is 14.2. The molecule has 1 saturated heterocycles. The predicted octanol–water partition coefficient (Wildman–Crippen LogP) is 3.31. The van der Waals surface area contributed by atoms with Crippen molar-refractivity contribution in [3.63, 3.8) is 0 Å². The van der Waals surface area contributed by atoms with Gasteiger partial charge in [-0.3, -0.25) is 0 Å². The highest BCUT2D eigenvalue weighted by Gasteiger charge is 2.08. The Kier molecular flexibility index (Phi) is 6.55. The molecule has 0 amide bonds. The molecule has 1 fully saturated rings. The van der Waals surface area contributed by atoms with Gasteiger partial charge in [0.15, 0.2) is 0 Å². The van der Waals surface area contributed by atoms with Crippen molar-refractivity contribution in [1.29, 1.82) is 0 Å². The van der Waals surface area contributed by atoms with Crippen molar-refractivity contribution in [2.24, 2.45) is 0 Å². The molecule has 0 aromatic heterocycles. The molecule has 0 radical (unpaired) electrons. The molecule has 1 heterocycles. The summed E-state index contributed by atoms with van der Waals surface area (Å²) in [5.74, 6) is 0. The summed E-state index contributed by atoms with van der Waals surface area (Å²) in [7, 11) is 0. The fraction of sp³-hybridized carbons (Fsp3) is 0.667. The Balaban J connectivity index is 1.53. The first kappa shape index (κ1) is 15.5. The van der Waals surface area contributed by atoms with Crippen molar-refractivity contribution in [1.82, 2.24) is 10.2 Å². The van der Waals surface area contributed by atoms with Crippen LogP contribution >= 0.6 is 0 Å². The average molecular weight is 274 g/mol. The summed E-state index contributed by atoms with van der Waals surface area (Å²) < 4.78 is 0. The first-order valence-corrected chi connectivity index (χ1v) is 8.25. The fourth-order valence-electron chi connectivity index (χ4n) is 2.93. The molecule has 2 rings (SSSR count). The largest absolute Gasteiger partial charge is 0.316 e. The lowest BCUT2D eigenvalue weighted by Crippen LogP contribution is -2.32. The van der Waals surface area contributed by atoms with Crippen molar-refractivity contribution in [3.8, 4) is 0 Å². The highest BCUT2D eigenvalue weighted by Crippen LogP contribution is 2.10. The minimum Gasteiger partial charge on any atom is -0.316 e. The van der Waals surface area contributed by atoms with E-state index in [4.69, 9.17) is 0 Å². The highest BCUT2D eigenvalue weighted by atomic mass is 15.1. The van der Waals surface area contributed by atoms with Gasteiger partial charge in [0, 0.05) is 0 Å². The summed E-state index contributed by atoms with van der Waals surface area (Å²) in [5.41, 5.74) is 4.26.